The van der Waals surface area contributed by atoms with Crippen LogP contribution in [0.4, 0.5) is 5.69 Å². The van der Waals surface area contributed by atoms with Gasteiger partial charge < -0.3 is 9.73 Å². The number of nitrogens with one attached hydrogen (secondary N) is 1. The highest BCUT2D eigenvalue weighted by atomic mass is 35.5. The minimum Gasteiger partial charge on any atom is -0.453 e. The molecule has 0 spiro atoms. The molecule has 1 aromatic carbocycles. The molecule has 0 aliphatic heterocycles. The fourth-order valence-corrected chi connectivity index (χ4v) is 2.01. The Hall–Kier alpha value is -2.07. The number of furan rings is 1. The van der Waals surface area contributed by atoms with E-state index in [0.29, 0.717) is 29.2 Å². The fourth-order valence-electron chi connectivity index (χ4n) is 1.78. The number of carbonyl (C=O) groups is 2. The zero-order valence-corrected chi connectivity index (χ0v) is 11.7. The van der Waals surface area contributed by atoms with Gasteiger partial charge >= 0.3 is 0 Å². The molecular formula is C15H14ClNO3. The number of aldehydes is 1. The second-order valence-corrected chi connectivity index (χ2v) is 4.72. The smallest absolute Gasteiger partial charge is 0.224 e. The first-order chi connectivity index (χ1) is 9.63. The quantitative estimate of drug-likeness (QED) is 0.842. The molecule has 0 unspecified atom stereocenters. The summed E-state index contributed by atoms with van der Waals surface area (Å²) in [5.74, 6) is 0.750. The Morgan fingerprint density at radius 1 is 1.35 bits per heavy atom. The van der Waals surface area contributed by atoms with E-state index >= 15 is 0 Å². The van der Waals surface area contributed by atoms with Crippen molar-refractivity contribution in [1.29, 1.82) is 0 Å². The zero-order valence-electron chi connectivity index (χ0n) is 11.0. The molecule has 0 radical (unpaired) electrons. The molecule has 0 bridgehead atoms. The summed E-state index contributed by atoms with van der Waals surface area (Å²) in [6.45, 7) is 1.94. The molecule has 0 aliphatic rings. The van der Waals surface area contributed by atoms with E-state index in [1.54, 1.807) is 30.3 Å². The lowest BCUT2D eigenvalue weighted by molar-refractivity contribution is -0.116. The van der Waals surface area contributed by atoms with Gasteiger partial charge in [-0.3, -0.25) is 9.59 Å². The SMILES string of the molecule is CCCC(=O)Nc1ccc(-c2ccc(C=O)o2)cc1Cl. The van der Waals surface area contributed by atoms with Crippen molar-refractivity contribution in [3.63, 3.8) is 0 Å². The lowest BCUT2D eigenvalue weighted by Crippen LogP contribution is -2.10. The first kappa shape index (κ1) is 14.3. The molecule has 1 aromatic heterocycles. The molecule has 0 saturated carbocycles. The maximum Gasteiger partial charge on any atom is 0.224 e. The van der Waals surface area contributed by atoms with Crippen LogP contribution in [0.5, 0.6) is 0 Å². The average Bonchev–Trinajstić information content (AvgIpc) is 2.90. The summed E-state index contributed by atoms with van der Waals surface area (Å²) in [5, 5.41) is 3.18. The topological polar surface area (TPSA) is 59.3 Å². The number of carbonyl (C=O) groups excluding carboxylic acids is 2. The number of hydrogen-bond acceptors (Lipinski definition) is 3. The number of anilines is 1. The number of amides is 1. The van der Waals surface area contributed by atoms with Crippen molar-refractivity contribution in [2.75, 3.05) is 5.32 Å². The third-order valence-electron chi connectivity index (χ3n) is 2.75. The van der Waals surface area contributed by atoms with E-state index in [2.05, 4.69) is 5.32 Å². The van der Waals surface area contributed by atoms with Gasteiger partial charge in [0, 0.05) is 12.0 Å². The van der Waals surface area contributed by atoms with Gasteiger partial charge in [-0.2, -0.15) is 0 Å². The van der Waals surface area contributed by atoms with Gasteiger partial charge in [-0.05, 0) is 36.8 Å². The predicted molar refractivity (Wildman–Crippen MR) is 78.1 cm³/mol. The van der Waals surface area contributed by atoms with Crippen LogP contribution in [0.2, 0.25) is 5.02 Å². The summed E-state index contributed by atoms with van der Waals surface area (Å²) in [6, 6.07) is 8.48. The summed E-state index contributed by atoms with van der Waals surface area (Å²) >= 11 is 6.14. The van der Waals surface area contributed by atoms with Crippen LogP contribution in [0.25, 0.3) is 11.3 Å². The van der Waals surface area contributed by atoms with Gasteiger partial charge in [-0.15, -0.1) is 0 Å². The van der Waals surface area contributed by atoms with Crippen molar-refractivity contribution >= 4 is 29.5 Å². The summed E-state index contributed by atoms with van der Waals surface area (Å²) < 4.78 is 5.32. The highest BCUT2D eigenvalue weighted by Crippen LogP contribution is 2.29. The van der Waals surface area contributed by atoms with Crippen molar-refractivity contribution in [3.05, 3.63) is 41.1 Å². The molecule has 0 aliphatic carbocycles. The normalized spacial score (nSPS) is 10.3. The van der Waals surface area contributed by atoms with Crippen LogP contribution >= 0.6 is 11.6 Å². The van der Waals surface area contributed by atoms with Crippen molar-refractivity contribution in [2.45, 2.75) is 19.8 Å². The van der Waals surface area contributed by atoms with E-state index in [1.807, 2.05) is 6.92 Å². The third-order valence-corrected chi connectivity index (χ3v) is 3.06. The first-order valence-electron chi connectivity index (χ1n) is 6.29. The first-order valence-corrected chi connectivity index (χ1v) is 6.66. The van der Waals surface area contributed by atoms with Crippen molar-refractivity contribution in [2.24, 2.45) is 0 Å². The summed E-state index contributed by atoms with van der Waals surface area (Å²) in [7, 11) is 0. The van der Waals surface area contributed by atoms with E-state index < -0.39 is 0 Å². The maximum absolute atomic E-state index is 11.5. The molecule has 0 fully saturated rings. The van der Waals surface area contributed by atoms with Crippen LogP contribution in [0.3, 0.4) is 0 Å². The van der Waals surface area contributed by atoms with Crippen LogP contribution < -0.4 is 5.32 Å². The molecule has 1 N–H and O–H groups in total. The Kier molecular flexibility index (Phi) is 4.58. The van der Waals surface area contributed by atoms with E-state index in [4.69, 9.17) is 16.0 Å². The van der Waals surface area contributed by atoms with Gasteiger partial charge in [0.2, 0.25) is 5.91 Å². The highest BCUT2D eigenvalue weighted by Gasteiger charge is 2.09. The molecule has 104 valence electrons. The van der Waals surface area contributed by atoms with Crippen LogP contribution in [-0.4, -0.2) is 12.2 Å². The Balaban J connectivity index is 2.20. The molecule has 0 saturated heterocycles. The Morgan fingerprint density at radius 2 is 2.15 bits per heavy atom. The van der Waals surface area contributed by atoms with E-state index in [0.717, 1.165) is 12.0 Å². The molecule has 1 heterocycles. The summed E-state index contributed by atoms with van der Waals surface area (Å²) in [5.41, 5.74) is 1.31. The monoisotopic (exact) mass is 291 g/mol. The fraction of sp³-hybridized carbons (Fsp3) is 0.200. The summed E-state index contributed by atoms with van der Waals surface area (Å²) in [6.07, 6.45) is 1.88. The van der Waals surface area contributed by atoms with E-state index in [1.165, 1.54) is 0 Å². The van der Waals surface area contributed by atoms with Crippen molar-refractivity contribution in [1.82, 2.24) is 0 Å². The standard InChI is InChI=1S/C15H14ClNO3/c1-2-3-15(19)17-13-6-4-10(8-12(13)16)14-7-5-11(9-18)20-14/h4-9H,2-3H2,1H3,(H,17,19). The molecule has 5 heteroatoms. The van der Waals surface area contributed by atoms with Crippen LogP contribution in [0.1, 0.15) is 30.3 Å². The predicted octanol–water partition coefficient (Wildman–Crippen LogP) is 4.15. The molecule has 2 rings (SSSR count). The van der Waals surface area contributed by atoms with Crippen molar-refractivity contribution < 1.29 is 14.0 Å². The molecule has 20 heavy (non-hydrogen) atoms. The van der Waals surface area contributed by atoms with Gasteiger partial charge in [0.05, 0.1) is 10.7 Å². The molecule has 0 atom stereocenters. The van der Waals surface area contributed by atoms with Crippen molar-refractivity contribution in [3.8, 4) is 11.3 Å². The minimum absolute atomic E-state index is 0.0663. The Morgan fingerprint density at radius 3 is 2.75 bits per heavy atom. The molecule has 2 aromatic rings. The number of halogens is 1. The Bertz CT molecular complexity index is 634. The number of benzene rings is 1. The Labute approximate surface area is 121 Å². The molecular weight excluding hydrogens is 278 g/mol. The second-order valence-electron chi connectivity index (χ2n) is 4.31. The van der Waals surface area contributed by atoms with E-state index in [-0.39, 0.29) is 11.7 Å². The van der Waals surface area contributed by atoms with Gasteiger partial charge in [-0.1, -0.05) is 18.5 Å². The van der Waals surface area contributed by atoms with Crippen LogP contribution in [0, 0.1) is 0 Å². The van der Waals surface area contributed by atoms with Gasteiger partial charge in [0.1, 0.15) is 5.76 Å². The molecule has 1 amide bonds. The zero-order chi connectivity index (χ0) is 14.5. The van der Waals surface area contributed by atoms with Gasteiger partial charge in [0.25, 0.3) is 0 Å². The van der Waals surface area contributed by atoms with Gasteiger partial charge in [-0.25, -0.2) is 0 Å². The highest BCUT2D eigenvalue weighted by molar-refractivity contribution is 6.34. The lowest BCUT2D eigenvalue weighted by atomic mass is 10.1. The van der Waals surface area contributed by atoms with Gasteiger partial charge in [0.15, 0.2) is 12.0 Å². The largest absolute Gasteiger partial charge is 0.453 e. The maximum atomic E-state index is 11.5. The van der Waals surface area contributed by atoms with E-state index in [9.17, 15) is 9.59 Å². The van der Waals surface area contributed by atoms with Crippen LogP contribution in [0.15, 0.2) is 34.7 Å². The molecule has 4 nitrogen and oxygen atoms in total. The lowest BCUT2D eigenvalue weighted by Gasteiger charge is -2.07. The number of hydrogen-bond donors (Lipinski definition) is 1. The minimum atomic E-state index is -0.0663. The third kappa shape index (κ3) is 3.27. The summed E-state index contributed by atoms with van der Waals surface area (Å²) in [4.78, 5) is 22.1. The van der Waals surface area contributed by atoms with Crippen LogP contribution in [-0.2, 0) is 4.79 Å². The second kappa shape index (κ2) is 6.39. The number of rotatable bonds is 5. The average molecular weight is 292 g/mol.